The smallest absolute Gasteiger partial charge is 0.452 e. The van der Waals surface area contributed by atoms with Crippen LogP contribution in [-0.4, -0.2) is 30.6 Å². The summed E-state index contributed by atoms with van der Waals surface area (Å²) >= 11 is 0. The van der Waals surface area contributed by atoms with E-state index in [4.69, 9.17) is 18.8 Å². The molecule has 0 amide bonds. The Hall–Kier alpha value is -1.53. The van der Waals surface area contributed by atoms with Gasteiger partial charge in [-0.3, -0.25) is 0 Å². The maximum atomic E-state index is 12.3. The zero-order valence-corrected chi connectivity index (χ0v) is 17.4. The minimum absolute atomic E-state index is 0.179. The number of cyclic esters (lactones) is 1. The predicted octanol–water partition coefficient (Wildman–Crippen LogP) is 4.24. The van der Waals surface area contributed by atoms with Gasteiger partial charge in [0.15, 0.2) is 0 Å². The van der Waals surface area contributed by atoms with Gasteiger partial charge in [-0.25, -0.2) is 4.79 Å². The summed E-state index contributed by atoms with van der Waals surface area (Å²) in [4.78, 5) is 12.3. The molecule has 2 unspecified atom stereocenters. The molecule has 0 aromatic heterocycles. The summed E-state index contributed by atoms with van der Waals surface area (Å²) in [6, 6.07) is 5.65. The first-order chi connectivity index (χ1) is 13.1. The Morgan fingerprint density at radius 2 is 1.89 bits per heavy atom. The molecule has 0 N–H and O–H groups in total. The van der Waals surface area contributed by atoms with Crippen LogP contribution < -0.4 is 4.74 Å². The molecule has 4 atom stereocenters. The van der Waals surface area contributed by atoms with E-state index in [9.17, 15) is 4.79 Å². The van der Waals surface area contributed by atoms with Crippen molar-refractivity contribution in [3.63, 3.8) is 0 Å². The van der Waals surface area contributed by atoms with E-state index in [2.05, 4.69) is 20.8 Å². The number of carbonyl (C=O) groups excluding carboxylic acids is 1. The van der Waals surface area contributed by atoms with Crippen molar-refractivity contribution in [3.8, 4) is 5.75 Å². The van der Waals surface area contributed by atoms with Crippen LogP contribution in [0, 0.1) is 17.3 Å². The van der Waals surface area contributed by atoms with E-state index >= 15 is 0 Å². The molecule has 1 aromatic carbocycles. The Balaban J connectivity index is 1.31. The van der Waals surface area contributed by atoms with Gasteiger partial charge in [0.25, 0.3) is 0 Å². The summed E-state index contributed by atoms with van der Waals surface area (Å²) in [7, 11) is -0.204. The van der Waals surface area contributed by atoms with Crippen molar-refractivity contribution in [1.29, 1.82) is 0 Å². The lowest BCUT2D eigenvalue weighted by Crippen LogP contribution is -2.65. The predicted molar refractivity (Wildman–Crippen MR) is 105 cm³/mol. The van der Waals surface area contributed by atoms with E-state index < -0.39 is 5.79 Å². The lowest BCUT2D eigenvalue weighted by molar-refractivity contribution is -0.199. The van der Waals surface area contributed by atoms with E-state index in [0.29, 0.717) is 22.6 Å². The molecule has 5 nitrogen and oxygen atoms in total. The highest BCUT2D eigenvalue weighted by Crippen LogP contribution is 2.65. The Morgan fingerprint density at radius 1 is 1.11 bits per heavy atom. The van der Waals surface area contributed by atoms with Gasteiger partial charge in [-0.05, 0) is 61.4 Å². The van der Waals surface area contributed by atoms with E-state index in [1.807, 2.05) is 12.1 Å². The Morgan fingerprint density at radius 3 is 2.64 bits per heavy atom. The van der Waals surface area contributed by atoms with Crippen LogP contribution in [-0.2, 0) is 20.5 Å². The lowest BCUT2D eigenvalue weighted by Gasteiger charge is -2.64. The maximum Gasteiger partial charge on any atom is 0.457 e. The first kappa shape index (κ1) is 18.5. The van der Waals surface area contributed by atoms with Gasteiger partial charge in [-0.15, -0.1) is 0 Å². The number of para-hydroxylation sites is 1. The molecule has 0 radical (unpaired) electrons. The first-order valence-corrected chi connectivity index (χ1v) is 10.5. The number of hydrogen-bond donors (Lipinski definition) is 0. The standard InChI is InChI=1S/C22H29BO5/c1-20(2)14-11-16(20)22(5)17(12-14)27-23(28-22)10-9-13-7-6-8-15-18(13)25-21(3,4)26-19(15)24/h6-8,14,16-17H,9-12H2,1-5H3/t14?,16-,17?,22-/m0/s1. The maximum absolute atomic E-state index is 12.3. The molecule has 6 heteroatoms. The molecule has 28 heavy (non-hydrogen) atoms. The Kier molecular flexibility index (Phi) is 3.81. The molecule has 1 saturated heterocycles. The molecule has 3 aliphatic carbocycles. The number of hydrogen-bond acceptors (Lipinski definition) is 5. The van der Waals surface area contributed by atoms with E-state index in [1.54, 1.807) is 19.9 Å². The second-order valence-corrected chi connectivity index (χ2v) is 10.1. The molecule has 3 saturated carbocycles. The third-order valence-electron chi connectivity index (χ3n) is 7.65. The van der Waals surface area contributed by atoms with Crippen molar-refractivity contribution in [2.75, 3.05) is 0 Å². The molecule has 2 aliphatic heterocycles. The van der Waals surface area contributed by atoms with Crippen LogP contribution in [0.1, 0.15) is 63.4 Å². The van der Waals surface area contributed by atoms with Gasteiger partial charge in [0, 0.05) is 13.8 Å². The summed E-state index contributed by atoms with van der Waals surface area (Å²) in [5, 5.41) is 0. The van der Waals surface area contributed by atoms with Crippen LogP contribution in [0.5, 0.6) is 5.75 Å². The number of ether oxygens (including phenoxy) is 2. The normalized spacial score (nSPS) is 36.7. The summed E-state index contributed by atoms with van der Waals surface area (Å²) < 4.78 is 24.2. The second kappa shape index (κ2) is 5.76. The topological polar surface area (TPSA) is 54.0 Å². The molecule has 4 fully saturated rings. The zero-order chi connectivity index (χ0) is 19.9. The average molecular weight is 384 g/mol. The third-order valence-corrected chi connectivity index (χ3v) is 7.65. The first-order valence-electron chi connectivity index (χ1n) is 10.5. The van der Waals surface area contributed by atoms with Gasteiger partial charge in [-0.2, -0.15) is 0 Å². The molecule has 2 heterocycles. The Bertz CT molecular complexity index is 834. The fourth-order valence-electron chi connectivity index (χ4n) is 5.96. The van der Waals surface area contributed by atoms with E-state index in [1.165, 1.54) is 6.42 Å². The van der Waals surface area contributed by atoms with Gasteiger partial charge in [0.2, 0.25) is 5.79 Å². The van der Waals surface area contributed by atoms with E-state index in [0.717, 1.165) is 30.6 Å². The van der Waals surface area contributed by atoms with Gasteiger partial charge in [-0.1, -0.05) is 26.0 Å². The van der Waals surface area contributed by atoms with Gasteiger partial charge >= 0.3 is 13.1 Å². The molecule has 6 rings (SSSR count). The number of fused-ring (bicyclic) bond motifs is 1. The van der Waals surface area contributed by atoms with Crippen LogP contribution >= 0.6 is 0 Å². The second-order valence-electron chi connectivity index (χ2n) is 10.1. The van der Waals surface area contributed by atoms with Crippen LogP contribution in [0.25, 0.3) is 0 Å². The summed E-state index contributed by atoms with van der Waals surface area (Å²) in [5.41, 5.74) is 1.66. The number of benzene rings is 1. The van der Waals surface area contributed by atoms with Gasteiger partial charge in [0.05, 0.1) is 11.7 Å². The zero-order valence-electron chi connectivity index (χ0n) is 17.4. The number of carbonyl (C=O) groups is 1. The van der Waals surface area contributed by atoms with E-state index in [-0.39, 0.29) is 24.8 Å². The van der Waals surface area contributed by atoms with Crippen molar-refractivity contribution in [3.05, 3.63) is 29.3 Å². The molecule has 5 aliphatic rings. The molecule has 1 aromatic rings. The molecule has 2 bridgehead atoms. The van der Waals surface area contributed by atoms with Gasteiger partial charge < -0.3 is 18.8 Å². The van der Waals surface area contributed by atoms with Crippen molar-refractivity contribution in [1.82, 2.24) is 0 Å². The Labute approximate surface area is 167 Å². The summed E-state index contributed by atoms with van der Waals surface area (Å²) in [6.07, 6.45) is 4.04. The summed E-state index contributed by atoms with van der Waals surface area (Å²) in [6.45, 7) is 10.5. The molecule has 150 valence electrons. The number of rotatable bonds is 3. The molecular formula is C22H29BO5. The minimum atomic E-state index is -0.949. The van der Waals surface area contributed by atoms with Crippen LogP contribution in [0.3, 0.4) is 0 Å². The minimum Gasteiger partial charge on any atom is -0.452 e. The SMILES string of the molecule is CC1(C)OC(=O)c2cccc(CCB3OC4CC5C[C@@H](C5(C)C)[C@]4(C)O3)c2O1. The van der Waals surface area contributed by atoms with Crippen molar-refractivity contribution < 1.29 is 23.6 Å². The van der Waals surface area contributed by atoms with Crippen LogP contribution in [0.2, 0.25) is 6.32 Å². The largest absolute Gasteiger partial charge is 0.457 e. The van der Waals surface area contributed by atoms with Crippen LogP contribution in [0.15, 0.2) is 18.2 Å². The number of aryl methyl sites for hydroxylation is 1. The fourth-order valence-corrected chi connectivity index (χ4v) is 5.96. The highest BCUT2D eigenvalue weighted by Gasteiger charge is 2.67. The van der Waals surface area contributed by atoms with Crippen LogP contribution in [0.4, 0.5) is 0 Å². The monoisotopic (exact) mass is 384 g/mol. The van der Waals surface area contributed by atoms with Crippen molar-refractivity contribution >= 4 is 13.1 Å². The average Bonchev–Trinajstić information content (AvgIpc) is 2.95. The quantitative estimate of drug-likeness (QED) is 0.576. The summed E-state index contributed by atoms with van der Waals surface area (Å²) in [5.74, 6) is 0.670. The van der Waals surface area contributed by atoms with Crippen molar-refractivity contribution in [2.45, 2.75) is 77.7 Å². The highest BCUT2D eigenvalue weighted by atomic mass is 16.7. The fraction of sp³-hybridized carbons (Fsp3) is 0.682. The highest BCUT2D eigenvalue weighted by molar-refractivity contribution is 6.45. The third kappa shape index (κ3) is 2.57. The van der Waals surface area contributed by atoms with Crippen molar-refractivity contribution in [2.24, 2.45) is 17.3 Å². The molecule has 0 spiro atoms. The number of esters is 1. The lowest BCUT2D eigenvalue weighted by atomic mass is 9.43. The van der Waals surface area contributed by atoms with Gasteiger partial charge in [0.1, 0.15) is 11.3 Å². The molecular weight excluding hydrogens is 355 g/mol.